The van der Waals surface area contributed by atoms with Crippen molar-refractivity contribution in [1.82, 2.24) is 10.2 Å². The normalized spacial score (nSPS) is 13.7. The lowest BCUT2D eigenvalue weighted by atomic mass is 9.99. The Balaban J connectivity index is 4.46. The molecule has 0 saturated carbocycles. The molecule has 0 rings (SSSR count). The Morgan fingerprint density at radius 2 is 1.95 bits per heavy atom. The van der Waals surface area contributed by atoms with Gasteiger partial charge >= 0.3 is 12.0 Å². The molecule has 19 heavy (non-hydrogen) atoms. The summed E-state index contributed by atoms with van der Waals surface area (Å²) in [5, 5.41) is 11.7. The molecule has 2 N–H and O–H groups in total. The number of amides is 2. The van der Waals surface area contributed by atoms with Gasteiger partial charge in [-0.05, 0) is 19.8 Å². The first-order chi connectivity index (χ1) is 8.97. The first kappa shape index (κ1) is 17.7. The summed E-state index contributed by atoms with van der Waals surface area (Å²) in [5.41, 5.74) is 0. The molecule has 0 aromatic rings. The number of ether oxygens (including phenoxy) is 1. The maximum absolute atomic E-state index is 12.0. The molecule has 0 radical (unpaired) electrons. The van der Waals surface area contributed by atoms with Gasteiger partial charge in [0.25, 0.3) is 0 Å². The van der Waals surface area contributed by atoms with Gasteiger partial charge in [-0.3, -0.25) is 0 Å². The zero-order valence-electron chi connectivity index (χ0n) is 12.3. The Kier molecular flexibility index (Phi) is 8.95. The number of urea groups is 1. The fourth-order valence-electron chi connectivity index (χ4n) is 1.63. The van der Waals surface area contributed by atoms with Crippen LogP contribution < -0.4 is 5.32 Å². The molecule has 0 aliphatic rings. The predicted octanol–water partition coefficient (Wildman–Crippen LogP) is 1.55. The lowest BCUT2D eigenvalue weighted by Gasteiger charge is -2.26. The average molecular weight is 274 g/mol. The lowest BCUT2D eigenvalue weighted by molar-refractivity contribution is -0.140. The van der Waals surface area contributed by atoms with Crippen molar-refractivity contribution in [2.24, 2.45) is 5.92 Å². The van der Waals surface area contributed by atoms with E-state index in [1.165, 1.54) is 0 Å². The van der Waals surface area contributed by atoms with E-state index in [4.69, 9.17) is 9.84 Å². The fourth-order valence-corrected chi connectivity index (χ4v) is 1.63. The third kappa shape index (κ3) is 6.42. The van der Waals surface area contributed by atoms with Crippen molar-refractivity contribution in [3.63, 3.8) is 0 Å². The Labute approximate surface area is 115 Å². The third-order valence-corrected chi connectivity index (χ3v) is 3.14. The SMILES string of the molecule is CCOCCN(CC)C(=O)N[C@H](C(=O)O)[C@@H](C)CC. The van der Waals surface area contributed by atoms with Crippen LogP contribution in [0.3, 0.4) is 0 Å². The van der Waals surface area contributed by atoms with Crippen LogP contribution in [0.5, 0.6) is 0 Å². The van der Waals surface area contributed by atoms with E-state index in [1.807, 2.05) is 27.7 Å². The van der Waals surface area contributed by atoms with Gasteiger partial charge in [0.05, 0.1) is 6.61 Å². The second kappa shape index (κ2) is 9.61. The Bertz CT molecular complexity index is 284. The number of carboxylic acids is 1. The van der Waals surface area contributed by atoms with Gasteiger partial charge in [0.1, 0.15) is 6.04 Å². The molecule has 0 unspecified atom stereocenters. The molecule has 0 aliphatic heterocycles. The molecular weight excluding hydrogens is 248 g/mol. The number of carboxylic acid groups (broad SMARTS) is 1. The molecule has 0 aromatic carbocycles. The summed E-state index contributed by atoms with van der Waals surface area (Å²) in [5.74, 6) is -1.10. The summed E-state index contributed by atoms with van der Waals surface area (Å²) in [6.07, 6.45) is 0.697. The van der Waals surface area contributed by atoms with E-state index < -0.39 is 12.0 Å². The number of nitrogens with one attached hydrogen (secondary N) is 1. The molecule has 0 fully saturated rings. The number of aliphatic carboxylic acids is 1. The van der Waals surface area contributed by atoms with Gasteiger partial charge < -0.3 is 20.1 Å². The van der Waals surface area contributed by atoms with E-state index in [9.17, 15) is 9.59 Å². The standard InChI is InChI=1S/C13H26N2O4/c1-5-10(4)11(12(16)17)14-13(18)15(6-2)8-9-19-7-3/h10-11H,5-9H2,1-4H3,(H,14,18)(H,16,17)/t10-,11-/m0/s1. The summed E-state index contributed by atoms with van der Waals surface area (Å²) < 4.78 is 5.20. The topological polar surface area (TPSA) is 78.9 Å². The largest absolute Gasteiger partial charge is 0.480 e. The minimum Gasteiger partial charge on any atom is -0.480 e. The molecule has 6 nitrogen and oxygen atoms in total. The molecule has 2 amide bonds. The number of carbonyl (C=O) groups is 2. The zero-order valence-corrected chi connectivity index (χ0v) is 12.3. The summed E-state index contributed by atoms with van der Waals surface area (Å²) in [6, 6.07) is -1.20. The highest BCUT2D eigenvalue weighted by Gasteiger charge is 2.26. The zero-order chi connectivity index (χ0) is 14.8. The third-order valence-electron chi connectivity index (χ3n) is 3.14. The van der Waals surface area contributed by atoms with Crippen LogP contribution in [0, 0.1) is 5.92 Å². The van der Waals surface area contributed by atoms with Gasteiger partial charge in [-0.25, -0.2) is 9.59 Å². The Morgan fingerprint density at radius 1 is 1.32 bits per heavy atom. The highest BCUT2D eigenvalue weighted by Crippen LogP contribution is 2.08. The molecular formula is C13H26N2O4. The van der Waals surface area contributed by atoms with Crippen LogP contribution in [-0.2, 0) is 9.53 Å². The van der Waals surface area contributed by atoms with Crippen LogP contribution in [0.1, 0.15) is 34.1 Å². The van der Waals surface area contributed by atoms with Crippen molar-refractivity contribution < 1.29 is 19.4 Å². The second-order valence-corrected chi connectivity index (χ2v) is 4.43. The van der Waals surface area contributed by atoms with E-state index >= 15 is 0 Å². The smallest absolute Gasteiger partial charge is 0.326 e. The number of rotatable bonds is 9. The van der Waals surface area contributed by atoms with Crippen molar-refractivity contribution in [1.29, 1.82) is 0 Å². The summed E-state index contributed by atoms with van der Waals surface area (Å²) in [7, 11) is 0. The molecule has 6 heteroatoms. The maximum Gasteiger partial charge on any atom is 0.326 e. The lowest BCUT2D eigenvalue weighted by Crippen LogP contribution is -2.51. The number of carbonyl (C=O) groups excluding carboxylic acids is 1. The van der Waals surface area contributed by atoms with Gasteiger partial charge in [-0.1, -0.05) is 20.3 Å². The molecule has 0 aromatic heterocycles. The van der Waals surface area contributed by atoms with Crippen LogP contribution >= 0.6 is 0 Å². The van der Waals surface area contributed by atoms with Crippen LogP contribution in [0.2, 0.25) is 0 Å². The Morgan fingerprint density at radius 3 is 2.37 bits per heavy atom. The number of nitrogens with zero attached hydrogens (tertiary/aromatic N) is 1. The van der Waals surface area contributed by atoms with E-state index in [2.05, 4.69) is 5.32 Å². The second-order valence-electron chi connectivity index (χ2n) is 4.43. The summed E-state index contributed by atoms with van der Waals surface area (Å²) >= 11 is 0. The van der Waals surface area contributed by atoms with Crippen molar-refractivity contribution in [3.8, 4) is 0 Å². The van der Waals surface area contributed by atoms with Crippen LogP contribution in [0.15, 0.2) is 0 Å². The molecule has 2 atom stereocenters. The first-order valence-corrected chi connectivity index (χ1v) is 6.83. The summed E-state index contributed by atoms with van der Waals surface area (Å²) in [4.78, 5) is 24.7. The predicted molar refractivity (Wildman–Crippen MR) is 73.2 cm³/mol. The van der Waals surface area contributed by atoms with E-state index in [0.717, 1.165) is 0 Å². The van der Waals surface area contributed by atoms with Crippen molar-refractivity contribution in [2.75, 3.05) is 26.3 Å². The molecule has 0 heterocycles. The van der Waals surface area contributed by atoms with Crippen LogP contribution in [0.4, 0.5) is 4.79 Å². The van der Waals surface area contributed by atoms with E-state index in [-0.39, 0.29) is 11.9 Å². The number of hydrogen-bond donors (Lipinski definition) is 2. The van der Waals surface area contributed by atoms with Gasteiger partial charge in [0, 0.05) is 19.7 Å². The molecule has 0 aliphatic carbocycles. The number of likely N-dealkylation sites (N-methyl/N-ethyl adjacent to an activating group) is 1. The van der Waals surface area contributed by atoms with Gasteiger partial charge in [-0.15, -0.1) is 0 Å². The average Bonchev–Trinajstić information content (AvgIpc) is 2.39. The minimum absolute atomic E-state index is 0.105. The minimum atomic E-state index is -0.997. The van der Waals surface area contributed by atoms with Crippen molar-refractivity contribution in [2.45, 2.75) is 40.2 Å². The van der Waals surface area contributed by atoms with Crippen molar-refractivity contribution in [3.05, 3.63) is 0 Å². The molecule has 0 saturated heterocycles. The fraction of sp³-hybridized carbons (Fsp3) is 0.846. The maximum atomic E-state index is 12.0. The number of hydrogen-bond acceptors (Lipinski definition) is 3. The molecule has 112 valence electrons. The highest BCUT2D eigenvalue weighted by molar-refractivity contribution is 5.82. The van der Waals surface area contributed by atoms with Crippen LogP contribution in [-0.4, -0.2) is 54.4 Å². The molecule has 0 bridgehead atoms. The van der Waals surface area contributed by atoms with Crippen molar-refractivity contribution >= 4 is 12.0 Å². The van der Waals surface area contributed by atoms with Crippen LogP contribution in [0.25, 0.3) is 0 Å². The van der Waals surface area contributed by atoms with E-state index in [1.54, 1.807) is 4.90 Å². The quantitative estimate of drug-likeness (QED) is 0.625. The van der Waals surface area contributed by atoms with Gasteiger partial charge in [0.2, 0.25) is 0 Å². The van der Waals surface area contributed by atoms with Gasteiger partial charge in [-0.2, -0.15) is 0 Å². The van der Waals surface area contributed by atoms with Gasteiger partial charge in [0.15, 0.2) is 0 Å². The first-order valence-electron chi connectivity index (χ1n) is 6.83. The van der Waals surface area contributed by atoms with E-state index in [0.29, 0.717) is 32.7 Å². The summed E-state index contributed by atoms with van der Waals surface area (Å²) in [6.45, 7) is 9.50. The molecule has 0 spiro atoms. The monoisotopic (exact) mass is 274 g/mol. The Hall–Kier alpha value is -1.30. The highest BCUT2D eigenvalue weighted by atomic mass is 16.5.